The van der Waals surface area contributed by atoms with Gasteiger partial charge in [-0.2, -0.15) is 5.26 Å². The molecule has 9 heteroatoms. The molecule has 0 saturated carbocycles. The van der Waals surface area contributed by atoms with Crippen LogP contribution < -0.4 is 5.32 Å². The summed E-state index contributed by atoms with van der Waals surface area (Å²) in [4.78, 5) is 19.3. The van der Waals surface area contributed by atoms with Crippen LogP contribution in [0.15, 0.2) is 47.3 Å². The highest BCUT2D eigenvalue weighted by molar-refractivity contribution is 7.80. The average molecular weight is 412 g/mol. The molecule has 0 aliphatic heterocycles. The highest BCUT2D eigenvalue weighted by atomic mass is 32.1. The van der Waals surface area contributed by atoms with Gasteiger partial charge in [0.25, 0.3) is 5.91 Å². The van der Waals surface area contributed by atoms with Crippen molar-refractivity contribution in [3.8, 4) is 6.07 Å². The lowest BCUT2D eigenvalue weighted by Crippen LogP contribution is -2.43. The van der Waals surface area contributed by atoms with Crippen molar-refractivity contribution in [2.75, 3.05) is 14.1 Å². The van der Waals surface area contributed by atoms with E-state index in [9.17, 15) is 10.1 Å². The molecular weight excluding hydrogens is 394 g/mol. The fourth-order valence-corrected chi connectivity index (χ4v) is 3.69. The zero-order valence-corrected chi connectivity index (χ0v) is 16.8. The average Bonchev–Trinajstić information content (AvgIpc) is 3.36. The molecule has 7 nitrogen and oxygen atoms in total. The third kappa shape index (κ3) is 3.33. The van der Waals surface area contributed by atoms with E-state index in [0.29, 0.717) is 22.7 Å². The Morgan fingerprint density at radius 2 is 2.14 bits per heavy atom. The smallest absolute Gasteiger partial charge is 0.256 e. The molecule has 1 unspecified atom stereocenters. The quantitative estimate of drug-likeness (QED) is 0.598. The molecule has 3 rings (SSSR count). The summed E-state index contributed by atoms with van der Waals surface area (Å²) in [7, 11) is 3.70. The molecule has 0 aliphatic rings. The Labute approximate surface area is 172 Å². The normalized spacial score (nSPS) is 12.5. The molecule has 0 saturated heterocycles. The lowest BCUT2D eigenvalue weighted by Gasteiger charge is -2.30. The maximum Gasteiger partial charge on any atom is 0.256 e. The van der Waals surface area contributed by atoms with E-state index in [1.165, 1.54) is 6.26 Å². The van der Waals surface area contributed by atoms with E-state index >= 15 is 0 Å². The summed E-state index contributed by atoms with van der Waals surface area (Å²) >= 11 is 10.4. The van der Waals surface area contributed by atoms with Crippen LogP contribution in [0.25, 0.3) is 5.65 Å². The van der Waals surface area contributed by atoms with Crippen LogP contribution in [0.1, 0.15) is 27.9 Å². The van der Waals surface area contributed by atoms with Crippen LogP contribution in [0.3, 0.4) is 0 Å². The minimum atomic E-state index is -0.903. The number of aromatic nitrogens is 2. The van der Waals surface area contributed by atoms with Gasteiger partial charge in [-0.05, 0) is 38.4 Å². The molecule has 1 N–H and O–H groups in total. The van der Waals surface area contributed by atoms with Gasteiger partial charge in [-0.1, -0.05) is 24.4 Å². The topological polar surface area (TPSA) is 86.6 Å². The van der Waals surface area contributed by atoms with Crippen LogP contribution in [0.4, 0.5) is 0 Å². The van der Waals surface area contributed by atoms with Gasteiger partial charge in [0.05, 0.1) is 23.6 Å². The van der Waals surface area contributed by atoms with Gasteiger partial charge in [0.15, 0.2) is 6.04 Å². The largest absolute Gasteiger partial charge is 0.466 e. The summed E-state index contributed by atoms with van der Waals surface area (Å²) in [5, 5.41) is 15.1. The Hall–Kier alpha value is -2.93. The monoisotopic (exact) mass is 411 g/mol. The van der Waals surface area contributed by atoms with Gasteiger partial charge in [-0.15, -0.1) is 0 Å². The van der Waals surface area contributed by atoms with Crippen molar-refractivity contribution in [3.63, 3.8) is 0 Å². The minimum absolute atomic E-state index is 0.321. The number of thiocarbonyl (C=S) groups is 2. The number of imidazole rings is 1. The van der Waals surface area contributed by atoms with Crippen molar-refractivity contribution in [2.45, 2.75) is 11.6 Å². The van der Waals surface area contributed by atoms with Gasteiger partial charge in [-0.25, -0.2) is 4.98 Å². The minimum Gasteiger partial charge on any atom is -0.466 e. The Balaban J connectivity index is 2.02. The van der Waals surface area contributed by atoms with Gasteiger partial charge in [0.2, 0.25) is 0 Å². The van der Waals surface area contributed by atoms with Gasteiger partial charge >= 0.3 is 0 Å². The van der Waals surface area contributed by atoms with Crippen LogP contribution in [0, 0.1) is 11.3 Å². The summed E-state index contributed by atoms with van der Waals surface area (Å²) in [6.45, 7) is 0. The first kappa shape index (κ1) is 19.8. The number of hydrogen-bond donors (Lipinski definition) is 1. The number of fused-ring (bicyclic) bond motifs is 1. The molecule has 0 fully saturated rings. The number of carbonyl (C=O) groups is 1. The lowest BCUT2D eigenvalue weighted by molar-refractivity contribution is 0.0942. The van der Waals surface area contributed by atoms with E-state index < -0.39 is 17.5 Å². The van der Waals surface area contributed by atoms with Crippen molar-refractivity contribution in [2.24, 2.45) is 0 Å². The van der Waals surface area contributed by atoms with E-state index in [0.717, 1.165) is 0 Å². The maximum absolute atomic E-state index is 12.8. The predicted molar refractivity (Wildman–Crippen MR) is 112 cm³/mol. The van der Waals surface area contributed by atoms with Crippen LogP contribution >= 0.6 is 24.4 Å². The Bertz CT molecular complexity index is 1060. The molecule has 3 aromatic heterocycles. The lowest BCUT2D eigenvalue weighted by atomic mass is 10.00. The molecule has 1 atom stereocenters. The number of nitrogens with zero attached hydrogens (tertiary/aromatic N) is 4. The summed E-state index contributed by atoms with van der Waals surface area (Å²) in [6.07, 6.45) is 5.01. The standard InChI is InChI=1S/C19H17N5O2S2/c1-23(2)19(11-27,12-28)16-10-24-7-3-5-13(17(24)22-16)18(25)21-14(9-20)15-6-4-8-26-15/h3-8,10-12,14H,1-2H3,(H,21,25). The third-order valence-corrected chi connectivity index (χ3v) is 5.19. The molecule has 0 bridgehead atoms. The number of carbonyl (C=O) groups excluding carboxylic acids is 1. The third-order valence-electron chi connectivity index (χ3n) is 4.47. The fourth-order valence-electron chi connectivity index (χ4n) is 2.80. The van der Waals surface area contributed by atoms with Crippen LogP contribution in [0.5, 0.6) is 0 Å². The number of rotatable bonds is 7. The van der Waals surface area contributed by atoms with Crippen molar-refractivity contribution in [1.29, 1.82) is 5.26 Å². The van der Waals surface area contributed by atoms with Crippen LogP contribution in [0.2, 0.25) is 0 Å². The fraction of sp³-hybridized carbons (Fsp3) is 0.211. The second-order valence-corrected chi connectivity index (χ2v) is 6.76. The predicted octanol–water partition coefficient (Wildman–Crippen LogP) is 2.68. The zero-order chi connectivity index (χ0) is 20.3. The molecule has 0 aliphatic carbocycles. The zero-order valence-electron chi connectivity index (χ0n) is 15.2. The second-order valence-electron chi connectivity index (χ2n) is 6.29. The number of nitrogens with one attached hydrogen (secondary N) is 1. The first-order valence-electron chi connectivity index (χ1n) is 8.29. The van der Waals surface area contributed by atoms with E-state index in [1.54, 1.807) is 51.8 Å². The van der Waals surface area contributed by atoms with Crippen molar-refractivity contribution in [1.82, 2.24) is 19.6 Å². The number of hydrogen-bond acceptors (Lipinski definition) is 7. The van der Waals surface area contributed by atoms with Gasteiger partial charge in [-0.3, -0.25) is 9.69 Å². The van der Waals surface area contributed by atoms with Gasteiger partial charge in [0, 0.05) is 23.1 Å². The van der Waals surface area contributed by atoms with E-state index in [2.05, 4.69) is 10.3 Å². The van der Waals surface area contributed by atoms with E-state index in [-0.39, 0.29) is 0 Å². The summed E-state index contributed by atoms with van der Waals surface area (Å²) in [5.41, 5.74) is 0.534. The molecule has 0 radical (unpaired) electrons. The van der Waals surface area contributed by atoms with Crippen molar-refractivity contribution < 1.29 is 9.21 Å². The number of pyridine rings is 1. The highest BCUT2D eigenvalue weighted by Gasteiger charge is 2.33. The molecule has 3 aromatic rings. The molecular formula is C19H17N5O2S2. The summed E-state index contributed by atoms with van der Waals surface area (Å²) < 4.78 is 6.95. The van der Waals surface area contributed by atoms with Crippen molar-refractivity contribution >= 4 is 46.7 Å². The SMILES string of the molecule is CN(C)C(C=S)(C=S)c1cn2cccc(C(=O)NC(C#N)c3ccco3)c2n1. The molecule has 0 aromatic carbocycles. The molecule has 142 valence electrons. The summed E-state index contributed by atoms with van der Waals surface area (Å²) in [5.74, 6) is -0.0780. The van der Waals surface area contributed by atoms with Crippen molar-refractivity contribution in [3.05, 3.63) is 59.9 Å². The first-order valence-corrected chi connectivity index (χ1v) is 9.23. The second kappa shape index (κ2) is 7.98. The highest BCUT2D eigenvalue weighted by Crippen LogP contribution is 2.24. The molecule has 3 heterocycles. The Morgan fingerprint density at radius 3 is 2.71 bits per heavy atom. The molecule has 0 spiro atoms. The number of amides is 1. The van der Waals surface area contributed by atoms with Crippen LogP contribution in [-0.2, 0) is 5.54 Å². The van der Waals surface area contributed by atoms with Gasteiger partial charge in [0.1, 0.15) is 16.9 Å². The molecule has 28 heavy (non-hydrogen) atoms. The number of furan rings is 1. The van der Waals surface area contributed by atoms with E-state index in [4.69, 9.17) is 28.9 Å². The Kier molecular flexibility index (Phi) is 5.65. The first-order chi connectivity index (χ1) is 13.5. The van der Waals surface area contributed by atoms with Gasteiger partial charge < -0.3 is 14.1 Å². The summed E-state index contributed by atoms with van der Waals surface area (Å²) in [6, 6.07) is 7.78. The van der Waals surface area contributed by atoms with Crippen LogP contribution in [-0.4, -0.2) is 45.0 Å². The van der Waals surface area contributed by atoms with E-state index in [1.807, 2.05) is 25.1 Å². The Morgan fingerprint density at radius 1 is 1.39 bits per heavy atom. The maximum atomic E-state index is 12.8. The number of nitriles is 1. The molecule has 1 amide bonds.